The summed E-state index contributed by atoms with van der Waals surface area (Å²) in [5, 5.41) is 8.00. The van der Waals surface area contributed by atoms with Gasteiger partial charge < -0.3 is 19.1 Å². The number of imidazole rings is 1. The van der Waals surface area contributed by atoms with Gasteiger partial charge in [-0.15, -0.1) is 0 Å². The average Bonchev–Trinajstić information content (AvgIpc) is 3.08. The van der Waals surface area contributed by atoms with E-state index in [0.29, 0.717) is 10.9 Å². The van der Waals surface area contributed by atoms with Gasteiger partial charge in [0.1, 0.15) is 11.5 Å². The molecule has 0 aliphatic rings. The molecule has 1 aromatic carbocycles. The Bertz CT molecular complexity index is 904. The molecule has 0 aliphatic carbocycles. The first-order valence-corrected chi connectivity index (χ1v) is 9.79. The van der Waals surface area contributed by atoms with Crippen LogP contribution in [0.25, 0.3) is 11.0 Å². The van der Waals surface area contributed by atoms with Gasteiger partial charge in [0.2, 0.25) is 0 Å². The van der Waals surface area contributed by atoms with Crippen molar-refractivity contribution in [3.05, 3.63) is 41.2 Å². The standard InChI is InChI=1S/C17H19N3O3S.C2H6O.Na.H/c1-10-8-18-15(11(2)16(10)23-4)9-24(21)17-19-13-6-5-12(22-3)7-14(13)20-17;1-2-3;;/h5-8H,9H2,1-4H3,(H,19,20);3H,2H2,1H3;;. The first-order valence-electron chi connectivity index (χ1n) is 8.47. The Morgan fingerprint density at radius 1 is 1.21 bits per heavy atom. The van der Waals surface area contributed by atoms with Crippen LogP contribution in [0.2, 0.25) is 0 Å². The van der Waals surface area contributed by atoms with Crippen molar-refractivity contribution in [1.82, 2.24) is 15.0 Å². The predicted molar refractivity (Wildman–Crippen MR) is 113 cm³/mol. The third kappa shape index (κ3) is 5.85. The van der Waals surface area contributed by atoms with Crippen LogP contribution in [-0.4, -0.2) is 75.0 Å². The van der Waals surface area contributed by atoms with E-state index in [1.165, 1.54) is 0 Å². The van der Waals surface area contributed by atoms with Gasteiger partial charge in [0.05, 0.1) is 30.9 Å². The summed E-state index contributed by atoms with van der Waals surface area (Å²) >= 11 is -1.33. The Hall–Kier alpha value is -1.29. The van der Waals surface area contributed by atoms with Crippen molar-refractivity contribution in [1.29, 1.82) is 0 Å². The second-order valence-electron chi connectivity index (χ2n) is 5.78. The molecular formula is C19H26N3NaO4S. The molecule has 148 valence electrons. The van der Waals surface area contributed by atoms with E-state index in [1.54, 1.807) is 27.3 Å². The van der Waals surface area contributed by atoms with Crippen LogP contribution in [-0.2, 0) is 16.9 Å². The average molecular weight is 415 g/mol. The molecule has 28 heavy (non-hydrogen) atoms. The summed E-state index contributed by atoms with van der Waals surface area (Å²) < 4.78 is 23.3. The molecule has 1 unspecified atom stereocenters. The Kier molecular flexibility index (Phi) is 10.3. The Morgan fingerprint density at radius 3 is 2.50 bits per heavy atom. The number of pyridine rings is 1. The van der Waals surface area contributed by atoms with Gasteiger partial charge in [-0.3, -0.25) is 9.97 Å². The van der Waals surface area contributed by atoms with Gasteiger partial charge in [0.15, 0.2) is 5.75 Å². The van der Waals surface area contributed by atoms with Crippen LogP contribution in [0.5, 0.6) is 11.5 Å². The topological polar surface area (TPSA) is 103 Å². The minimum atomic E-state index is -1.33. The zero-order chi connectivity index (χ0) is 20.0. The second kappa shape index (κ2) is 11.6. The summed E-state index contributed by atoms with van der Waals surface area (Å²) in [6.07, 6.45) is 1.74. The predicted octanol–water partition coefficient (Wildman–Crippen LogP) is 2.25. The number of fused-ring (bicyclic) bond motifs is 1. The van der Waals surface area contributed by atoms with Gasteiger partial charge in [-0.1, -0.05) is 0 Å². The van der Waals surface area contributed by atoms with E-state index in [4.69, 9.17) is 14.6 Å². The fraction of sp³-hybridized carbons (Fsp3) is 0.368. The molecule has 1 atom stereocenters. The third-order valence-electron chi connectivity index (χ3n) is 3.90. The van der Waals surface area contributed by atoms with E-state index in [1.807, 2.05) is 32.0 Å². The maximum atomic E-state index is 12.7. The fourth-order valence-corrected chi connectivity index (χ4v) is 3.71. The Morgan fingerprint density at radius 2 is 1.89 bits per heavy atom. The van der Waals surface area contributed by atoms with Crippen molar-refractivity contribution in [2.75, 3.05) is 20.8 Å². The number of H-pyrrole nitrogens is 1. The molecule has 0 saturated carbocycles. The van der Waals surface area contributed by atoms with Gasteiger partial charge in [0.25, 0.3) is 0 Å². The van der Waals surface area contributed by atoms with Crippen LogP contribution in [0.1, 0.15) is 23.7 Å². The molecule has 3 aromatic rings. The number of methoxy groups -OCH3 is 2. The number of nitrogens with one attached hydrogen (secondary N) is 1. The number of aliphatic hydroxyl groups is 1. The molecule has 2 N–H and O–H groups in total. The molecule has 0 spiro atoms. The fourth-order valence-electron chi connectivity index (χ4n) is 2.61. The molecular weight excluding hydrogens is 389 g/mol. The summed E-state index contributed by atoms with van der Waals surface area (Å²) in [6, 6.07) is 5.51. The first-order chi connectivity index (χ1) is 12.9. The number of benzene rings is 1. The number of aryl methyl sites for hydroxylation is 1. The molecule has 0 fully saturated rings. The van der Waals surface area contributed by atoms with Crippen molar-refractivity contribution in [2.24, 2.45) is 0 Å². The summed E-state index contributed by atoms with van der Waals surface area (Å²) in [4.78, 5) is 11.9. The number of ether oxygens (including phenoxy) is 2. The molecule has 0 amide bonds. The summed E-state index contributed by atoms with van der Waals surface area (Å²) in [5.74, 6) is 1.78. The number of aromatic amines is 1. The van der Waals surface area contributed by atoms with Crippen LogP contribution in [0.15, 0.2) is 29.6 Å². The number of rotatable bonds is 5. The van der Waals surface area contributed by atoms with Crippen molar-refractivity contribution >= 4 is 51.8 Å². The van der Waals surface area contributed by atoms with E-state index < -0.39 is 11.2 Å². The molecule has 0 bridgehead atoms. The van der Waals surface area contributed by atoms with E-state index in [9.17, 15) is 4.55 Å². The zero-order valence-electron chi connectivity index (χ0n) is 16.2. The van der Waals surface area contributed by atoms with Crippen molar-refractivity contribution in [2.45, 2.75) is 31.7 Å². The van der Waals surface area contributed by atoms with E-state index >= 15 is 0 Å². The second-order valence-corrected chi connectivity index (χ2v) is 7.14. The molecule has 0 radical (unpaired) electrons. The third-order valence-corrected chi connectivity index (χ3v) is 5.06. The number of aromatic nitrogens is 3. The van der Waals surface area contributed by atoms with Crippen LogP contribution in [0, 0.1) is 13.8 Å². The number of aliphatic hydroxyl groups excluding tert-OH is 1. The summed E-state index contributed by atoms with van der Waals surface area (Å²) in [7, 11) is 3.23. The van der Waals surface area contributed by atoms with E-state index in [2.05, 4.69) is 15.0 Å². The number of nitrogens with zero attached hydrogens (tertiary/aromatic N) is 2. The van der Waals surface area contributed by atoms with Gasteiger partial charge in [0, 0.05) is 41.2 Å². The first kappa shape index (κ1) is 24.7. The van der Waals surface area contributed by atoms with Crippen LogP contribution in [0.3, 0.4) is 0 Å². The van der Waals surface area contributed by atoms with Gasteiger partial charge in [-0.25, -0.2) is 0 Å². The van der Waals surface area contributed by atoms with Crippen molar-refractivity contribution in [3.8, 4) is 11.5 Å². The molecule has 0 saturated heterocycles. The van der Waals surface area contributed by atoms with Crippen molar-refractivity contribution in [3.63, 3.8) is 0 Å². The van der Waals surface area contributed by atoms with Gasteiger partial charge in [-0.2, -0.15) is 4.98 Å². The molecule has 7 nitrogen and oxygen atoms in total. The SMILES string of the molecule is CCO.COc1ccc2[nH]c([S+]([O-])Cc3ncc(C)c(OC)c3C)nc2c1.[NaH]. The molecule has 9 heteroatoms. The van der Waals surface area contributed by atoms with Gasteiger partial charge in [-0.05, 0) is 32.9 Å². The Balaban J connectivity index is 0.000000921. The van der Waals surface area contributed by atoms with Crippen LogP contribution in [0.4, 0.5) is 0 Å². The Labute approximate surface area is 190 Å². The zero-order valence-corrected chi connectivity index (χ0v) is 17.0. The van der Waals surface area contributed by atoms with E-state index in [-0.39, 0.29) is 41.9 Å². The maximum absolute atomic E-state index is 12.7. The number of hydrogen-bond acceptors (Lipinski definition) is 6. The summed E-state index contributed by atoms with van der Waals surface area (Å²) in [6.45, 7) is 5.79. The van der Waals surface area contributed by atoms with Crippen LogP contribution >= 0.6 is 0 Å². The van der Waals surface area contributed by atoms with Crippen molar-refractivity contribution < 1.29 is 19.1 Å². The summed E-state index contributed by atoms with van der Waals surface area (Å²) in [5.41, 5.74) is 4.16. The number of hydrogen-bond donors (Lipinski definition) is 2. The van der Waals surface area contributed by atoms with Gasteiger partial charge >= 0.3 is 34.7 Å². The van der Waals surface area contributed by atoms with Crippen LogP contribution < -0.4 is 9.47 Å². The monoisotopic (exact) mass is 415 g/mol. The molecule has 0 aliphatic heterocycles. The minimum absolute atomic E-state index is 0. The van der Waals surface area contributed by atoms with E-state index in [0.717, 1.165) is 33.6 Å². The molecule has 2 aromatic heterocycles. The quantitative estimate of drug-likeness (QED) is 0.489. The normalized spacial score (nSPS) is 11.2. The molecule has 3 rings (SSSR count). The molecule has 2 heterocycles.